The van der Waals surface area contributed by atoms with Gasteiger partial charge in [0, 0.05) is 49.7 Å². The highest BCUT2D eigenvalue weighted by Crippen LogP contribution is 2.37. The maximum absolute atomic E-state index is 13.0. The summed E-state index contributed by atoms with van der Waals surface area (Å²) in [6.45, 7) is 6.13. The lowest BCUT2D eigenvalue weighted by Crippen LogP contribution is -2.52. The van der Waals surface area contributed by atoms with Crippen LogP contribution in [-0.2, 0) is 14.3 Å². The maximum atomic E-state index is 13.0. The van der Waals surface area contributed by atoms with Crippen LogP contribution in [0.4, 0.5) is 5.69 Å². The number of piperidine rings is 1. The molecule has 3 aliphatic heterocycles. The molecule has 3 heterocycles. The van der Waals surface area contributed by atoms with E-state index in [9.17, 15) is 14.4 Å². The molecule has 0 bridgehead atoms. The van der Waals surface area contributed by atoms with Crippen molar-refractivity contribution in [2.75, 3.05) is 31.2 Å². The highest BCUT2D eigenvalue weighted by molar-refractivity contribution is 6.13. The van der Waals surface area contributed by atoms with Gasteiger partial charge in [-0.25, -0.2) is 0 Å². The molecule has 0 radical (unpaired) electrons. The summed E-state index contributed by atoms with van der Waals surface area (Å²) in [6, 6.07) is 4.92. The van der Waals surface area contributed by atoms with Gasteiger partial charge in [0.05, 0.1) is 11.7 Å². The van der Waals surface area contributed by atoms with E-state index in [1.165, 1.54) is 4.90 Å². The number of aliphatic hydroxyl groups is 1. The first kappa shape index (κ1) is 18.6. The average Bonchev–Trinajstić information content (AvgIpc) is 2.88. The van der Waals surface area contributed by atoms with E-state index in [2.05, 4.69) is 16.8 Å². The van der Waals surface area contributed by atoms with E-state index in [-0.39, 0.29) is 30.9 Å². The largest absolute Gasteiger partial charge is 0.396 e. The number of nitrogens with zero attached hydrogens (tertiary/aromatic N) is 2. The molecule has 0 aliphatic carbocycles. The number of amides is 3. The Kier molecular flexibility index (Phi) is 4.91. The maximum Gasteiger partial charge on any atom is 0.259 e. The predicted octanol–water partition coefficient (Wildman–Crippen LogP) is 0.506. The standard InChI is InChI=1S/C20H23N3O5/c1-12-15-4-3-13(22-10-14(11-22)28-8-2-7-24)9-16(15)20(27)23(12)17-5-6-18(25)21-19(17)26/h3-4,9,14,17,24H,1-2,5-8,10-11H2,(H,21,25,26). The lowest BCUT2D eigenvalue weighted by atomic mass is 10.0. The van der Waals surface area contributed by atoms with Crippen molar-refractivity contribution in [2.45, 2.75) is 31.4 Å². The van der Waals surface area contributed by atoms with Crippen LogP contribution in [0.5, 0.6) is 0 Å². The van der Waals surface area contributed by atoms with Crippen LogP contribution >= 0.6 is 0 Å². The molecule has 8 nitrogen and oxygen atoms in total. The highest BCUT2D eigenvalue weighted by atomic mass is 16.5. The number of ether oxygens (including phenoxy) is 1. The lowest BCUT2D eigenvalue weighted by Gasteiger charge is -2.40. The zero-order valence-electron chi connectivity index (χ0n) is 15.5. The number of fused-ring (bicyclic) bond motifs is 1. The Morgan fingerprint density at radius 1 is 1.21 bits per heavy atom. The summed E-state index contributed by atoms with van der Waals surface area (Å²) in [5, 5.41) is 11.1. The number of anilines is 1. The summed E-state index contributed by atoms with van der Waals surface area (Å²) in [4.78, 5) is 40.1. The summed E-state index contributed by atoms with van der Waals surface area (Å²) >= 11 is 0. The average molecular weight is 385 g/mol. The van der Waals surface area contributed by atoms with Crippen LogP contribution in [0.25, 0.3) is 5.70 Å². The molecule has 1 atom stereocenters. The Bertz CT molecular complexity index is 846. The number of imide groups is 1. The Balaban J connectivity index is 1.46. The third-order valence-electron chi connectivity index (χ3n) is 5.45. The van der Waals surface area contributed by atoms with Crippen molar-refractivity contribution < 1.29 is 24.2 Å². The fourth-order valence-corrected chi connectivity index (χ4v) is 3.87. The third kappa shape index (κ3) is 3.18. The second-order valence-electron chi connectivity index (χ2n) is 7.29. The number of aliphatic hydroxyl groups excluding tert-OH is 1. The molecule has 3 amide bonds. The fourth-order valence-electron chi connectivity index (χ4n) is 3.87. The van der Waals surface area contributed by atoms with Crippen LogP contribution in [0.2, 0.25) is 0 Å². The molecule has 2 fully saturated rings. The van der Waals surface area contributed by atoms with Crippen LogP contribution in [0, 0.1) is 0 Å². The van der Waals surface area contributed by atoms with Crippen LogP contribution in [0.15, 0.2) is 24.8 Å². The van der Waals surface area contributed by atoms with Crippen molar-refractivity contribution >= 4 is 29.1 Å². The van der Waals surface area contributed by atoms with Crippen molar-refractivity contribution in [3.63, 3.8) is 0 Å². The van der Waals surface area contributed by atoms with Crippen molar-refractivity contribution in [2.24, 2.45) is 0 Å². The number of rotatable bonds is 6. The van der Waals surface area contributed by atoms with Crippen LogP contribution in [0.3, 0.4) is 0 Å². The molecule has 28 heavy (non-hydrogen) atoms. The molecule has 8 heteroatoms. The van der Waals surface area contributed by atoms with E-state index < -0.39 is 11.9 Å². The van der Waals surface area contributed by atoms with Gasteiger partial charge in [0.2, 0.25) is 11.8 Å². The minimum absolute atomic E-state index is 0.122. The number of nitrogens with one attached hydrogen (secondary N) is 1. The van der Waals surface area contributed by atoms with Gasteiger partial charge in [0.1, 0.15) is 6.04 Å². The van der Waals surface area contributed by atoms with Crippen molar-refractivity contribution in [1.29, 1.82) is 0 Å². The van der Waals surface area contributed by atoms with E-state index in [1.54, 1.807) is 0 Å². The van der Waals surface area contributed by atoms with Crippen LogP contribution in [0.1, 0.15) is 35.2 Å². The molecule has 1 aromatic carbocycles. The van der Waals surface area contributed by atoms with Crippen molar-refractivity contribution in [3.05, 3.63) is 35.9 Å². The number of benzene rings is 1. The van der Waals surface area contributed by atoms with Gasteiger partial charge in [-0.1, -0.05) is 12.6 Å². The molecule has 2 saturated heterocycles. The summed E-state index contributed by atoms with van der Waals surface area (Å²) in [5.41, 5.74) is 2.66. The van der Waals surface area contributed by atoms with Gasteiger partial charge in [-0.15, -0.1) is 0 Å². The predicted molar refractivity (Wildman–Crippen MR) is 101 cm³/mol. The van der Waals surface area contributed by atoms with E-state index in [0.717, 1.165) is 24.3 Å². The number of carbonyl (C=O) groups is 3. The topological polar surface area (TPSA) is 99.2 Å². The highest BCUT2D eigenvalue weighted by Gasteiger charge is 2.42. The molecule has 1 aromatic rings. The Labute approximate surface area is 162 Å². The molecule has 0 spiro atoms. The Morgan fingerprint density at radius 3 is 2.71 bits per heavy atom. The minimum atomic E-state index is -0.707. The van der Waals surface area contributed by atoms with Gasteiger partial charge in [-0.2, -0.15) is 0 Å². The summed E-state index contributed by atoms with van der Waals surface area (Å²) in [6.07, 6.45) is 1.27. The number of hydrogen-bond acceptors (Lipinski definition) is 6. The second kappa shape index (κ2) is 7.37. The molecule has 148 valence electrons. The molecule has 2 N–H and O–H groups in total. The Hall–Kier alpha value is -2.71. The molecule has 1 unspecified atom stereocenters. The summed E-state index contributed by atoms with van der Waals surface area (Å²) in [5.74, 6) is -1.02. The zero-order chi connectivity index (χ0) is 19.8. The van der Waals surface area contributed by atoms with Gasteiger partial charge >= 0.3 is 0 Å². The second-order valence-corrected chi connectivity index (χ2v) is 7.29. The number of hydrogen-bond donors (Lipinski definition) is 2. The summed E-state index contributed by atoms with van der Waals surface area (Å²) < 4.78 is 5.65. The zero-order valence-corrected chi connectivity index (χ0v) is 15.5. The number of carbonyl (C=O) groups excluding carboxylic acids is 3. The van der Waals surface area contributed by atoms with Gasteiger partial charge < -0.3 is 14.7 Å². The normalized spacial score (nSPS) is 22.4. The molecular weight excluding hydrogens is 362 g/mol. The molecule has 0 saturated carbocycles. The van der Waals surface area contributed by atoms with Crippen LogP contribution in [-0.4, -0.2) is 66.2 Å². The van der Waals surface area contributed by atoms with Crippen LogP contribution < -0.4 is 10.2 Å². The fraction of sp³-hybridized carbons (Fsp3) is 0.450. The Morgan fingerprint density at radius 2 is 2.00 bits per heavy atom. The molecule has 4 rings (SSSR count). The minimum Gasteiger partial charge on any atom is -0.396 e. The SMILES string of the molecule is C=C1c2ccc(N3CC(OCCCO)C3)cc2C(=O)N1C1CCC(=O)NC1=O. The third-order valence-corrected chi connectivity index (χ3v) is 5.45. The smallest absolute Gasteiger partial charge is 0.259 e. The van der Waals surface area contributed by atoms with Gasteiger partial charge in [-0.05, 0) is 25.0 Å². The van der Waals surface area contributed by atoms with Gasteiger partial charge in [0.15, 0.2) is 0 Å². The lowest BCUT2D eigenvalue weighted by molar-refractivity contribution is -0.136. The summed E-state index contributed by atoms with van der Waals surface area (Å²) in [7, 11) is 0. The first-order valence-corrected chi connectivity index (χ1v) is 9.47. The van der Waals surface area contributed by atoms with E-state index in [1.807, 2.05) is 18.2 Å². The van der Waals surface area contributed by atoms with E-state index in [4.69, 9.17) is 9.84 Å². The quantitative estimate of drug-likeness (QED) is 0.547. The molecular formula is C20H23N3O5. The van der Waals surface area contributed by atoms with Gasteiger partial charge in [0.25, 0.3) is 5.91 Å². The first-order chi connectivity index (χ1) is 13.5. The first-order valence-electron chi connectivity index (χ1n) is 9.47. The monoisotopic (exact) mass is 385 g/mol. The molecule has 3 aliphatic rings. The van der Waals surface area contributed by atoms with Crippen molar-refractivity contribution in [3.8, 4) is 0 Å². The van der Waals surface area contributed by atoms with Crippen molar-refractivity contribution in [1.82, 2.24) is 10.2 Å². The van der Waals surface area contributed by atoms with E-state index in [0.29, 0.717) is 30.7 Å². The van der Waals surface area contributed by atoms with E-state index >= 15 is 0 Å². The molecule has 0 aromatic heterocycles. The van der Waals surface area contributed by atoms with Gasteiger partial charge in [-0.3, -0.25) is 24.6 Å².